The molecule has 0 bridgehead atoms. The van der Waals surface area contributed by atoms with Crippen LogP contribution in [0.2, 0.25) is 0 Å². The van der Waals surface area contributed by atoms with Gasteiger partial charge >= 0.3 is 0 Å². The fourth-order valence-electron chi connectivity index (χ4n) is 3.16. The molecule has 0 aliphatic heterocycles. The highest BCUT2D eigenvalue weighted by Gasteiger charge is 2.12. The Morgan fingerprint density at radius 1 is 1.22 bits per heavy atom. The van der Waals surface area contributed by atoms with E-state index in [1.807, 2.05) is 30.5 Å². The molecule has 8 nitrogen and oxygen atoms in total. The van der Waals surface area contributed by atoms with Crippen LogP contribution in [-0.2, 0) is 4.79 Å². The molecule has 1 amide bonds. The SMILES string of the molecule is C=CC(=O)Nc1cccc(Oc2cnc3[nH]cc(-c4cccc(NCCC#N)c4)c3n2)c1. The molecule has 158 valence electrons. The number of carbonyl (C=O) groups excluding carboxylic acids is 1. The lowest BCUT2D eigenvalue weighted by atomic mass is 10.1. The number of nitriles is 1. The van der Waals surface area contributed by atoms with Gasteiger partial charge in [0.2, 0.25) is 11.8 Å². The molecule has 0 aliphatic carbocycles. The maximum absolute atomic E-state index is 11.5. The van der Waals surface area contributed by atoms with Crippen LogP contribution in [0.1, 0.15) is 6.42 Å². The summed E-state index contributed by atoms with van der Waals surface area (Å²) in [7, 11) is 0. The van der Waals surface area contributed by atoms with Gasteiger partial charge in [0.05, 0.1) is 18.7 Å². The van der Waals surface area contributed by atoms with Gasteiger partial charge in [-0.05, 0) is 35.9 Å². The minimum atomic E-state index is -0.301. The molecule has 0 saturated carbocycles. The largest absolute Gasteiger partial charge is 0.437 e. The van der Waals surface area contributed by atoms with Crippen LogP contribution in [0, 0.1) is 11.3 Å². The van der Waals surface area contributed by atoms with Crippen molar-refractivity contribution in [1.82, 2.24) is 15.0 Å². The number of hydrogen-bond acceptors (Lipinski definition) is 6. The molecule has 0 atom stereocenters. The van der Waals surface area contributed by atoms with Gasteiger partial charge in [0.15, 0.2) is 5.65 Å². The molecule has 2 aromatic heterocycles. The summed E-state index contributed by atoms with van der Waals surface area (Å²) in [5.74, 6) is 0.541. The predicted octanol–water partition coefficient (Wildman–Crippen LogP) is 4.87. The average Bonchev–Trinajstić information content (AvgIpc) is 3.23. The number of fused-ring (bicyclic) bond motifs is 1. The Balaban J connectivity index is 1.59. The fraction of sp³-hybridized carbons (Fsp3) is 0.0833. The zero-order valence-electron chi connectivity index (χ0n) is 17.1. The quantitative estimate of drug-likeness (QED) is 0.275. The Bertz CT molecular complexity index is 1320. The van der Waals surface area contributed by atoms with E-state index in [1.54, 1.807) is 24.3 Å². The molecule has 2 heterocycles. The van der Waals surface area contributed by atoms with E-state index >= 15 is 0 Å². The molecular formula is C24H20N6O2. The molecule has 0 radical (unpaired) electrons. The van der Waals surface area contributed by atoms with E-state index < -0.39 is 0 Å². The summed E-state index contributed by atoms with van der Waals surface area (Å²) in [4.78, 5) is 23.7. The zero-order chi connectivity index (χ0) is 22.3. The standard InChI is InChI=1S/C24H20N6O2/c1-2-21(31)29-18-8-4-9-19(13-18)32-22-15-28-24-23(30-22)20(14-27-24)16-6-3-7-17(12-16)26-11-5-10-25/h2-4,6-9,12-15,26H,1,5,11H2,(H,27,28)(H,29,31). The van der Waals surface area contributed by atoms with E-state index in [2.05, 4.69) is 38.2 Å². The second kappa shape index (κ2) is 9.45. The number of aromatic nitrogens is 3. The third-order valence-electron chi connectivity index (χ3n) is 4.61. The van der Waals surface area contributed by atoms with Crippen LogP contribution in [0.4, 0.5) is 11.4 Å². The van der Waals surface area contributed by atoms with Gasteiger partial charge in [-0.1, -0.05) is 24.8 Å². The number of anilines is 2. The summed E-state index contributed by atoms with van der Waals surface area (Å²) in [5, 5.41) is 14.6. The number of nitrogens with zero attached hydrogens (tertiary/aromatic N) is 3. The maximum Gasteiger partial charge on any atom is 0.247 e. The van der Waals surface area contributed by atoms with E-state index in [4.69, 9.17) is 10.00 Å². The number of hydrogen-bond donors (Lipinski definition) is 3. The van der Waals surface area contributed by atoms with E-state index in [9.17, 15) is 4.79 Å². The summed E-state index contributed by atoms with van der Waals surface area (Å²) in [6, 6.07) is 17.0. The third-order valence-corrected chi connectivity index (χ3v) is 4.61. The summed E-state index contributed by atoms with van der Waals surface area (Å²) >= 11 is 0. The molecule has 0 saturated heterocycles. The Morgan fingerprint density at radius 3 is 2.91 bits per heavy atom. The second-order valence-corrected chi connectivity index (χ2v) is 6.85. The lowest BCUT2D eigenvalue weighted by molar-refractivity contribution is -0.111. The van der Waals surface area contributed by atoms with Crippen LogP contribution in [0.15, 0.2) is 73.6 Å². The number of nitrogens with one attached hydrogen (secondary N) is 3. The lowest BCUT2D eigenvalue weighted by Gasteiger charge is -2.08. The molecular weight excluding hydrogens is 404 g/mol. The number of rotatable bonds is 8. The Hall–Kier alpha value is -4.64. The van der Waals surface area contributed by atoms with Crippen molar-refractivity contribution in [3.05, 3.63) is 73.6 Å². The van der Waals surface area contributed by atoms with Crippen LogP contribution < -0.4 is 15.4 Å². The molecule has 0 aliphatic rings. The van der Waals surface area contributed by atoms with Crippen molar-refractivity contribution in [3.8, 4) is 28.8 Å². The summed E-state index contributed by atoms with van der Waals surface area (Å²) in [6.45, 7) is 4.03. The highest BCUT2D eigenvalue weighted by molar-refractivity contribution is 5.99. The topological polar surface area (TPSA) is 116 Å². The van der Waals surface area contributed by atoms with Crippen LogP contribution in [0.25, 0.3) is 22.3 Å². The lowest BCUT2D eigenvalue weighted by Crippen LogP contribution is -2.07. The number of carbonyl (C=O) groups is 1. The molecule has 0 fully saturated rings. The summed E-state index contributed by atoms with van der Waals surface area (Å²) in [5.41, 5.74) is 4.66. The first-order valence-corrected chi connectivity index (χ1v) is 9.93. The molecule has 0 unspecified atom stereocenters. The first-order valence-electron chi connectivity index (χ1n) is 9.93. The number of ether oxygens (including phenoxy) is 1. The van der Waals surface area contributed by atoms with Gasteiger partial charge in [0, 0.05) is 35.7 Å². The van der Waals surface area contributed by atoms with E-state index in [0.29, 0.717) is 41.4 Å². The minimum absolute atomic E-state index is 0.301. The number of aromatic amines is 1. The molecule has 2 aromatic carbocycles. The normalized spacial score (nSPS) is 10.3. The molecule has 4 rings (SSSR count). The molecule has 8 heteroatoms. The zero-order valence-corrected chi connectivity index (χ0v) is 17.1. The van der Waals surface area contributed by atoms with Crippen LogP contribution in [0.5, 0.6) is 11.6 Å². The van der Waals surface area contributed by atoms with Crippen molar-refractivity contribution in [2.45, 2.75) is 6.42 Å². The maximum atomic E-state index is 11.5. The third kappa shape index (κ3) is 4.74. The van der Waals surface area contributed by atoms with Crippen LogP contribution in [-0.4, -0.2) is 27.4 Å². The van der Waals surface area contributed by atoms with Gasteiger partial charge in [-0.3, -0.25) is 4.79 Å². The molecule has 4 aromatic rings. The van der Waals surface area contributed by atoms with E-state index in [-0.39, 0.29) is 5.91 Å². The Morgan fingerprint density at radius 2 is 2.06 bits per heavy atom. The smallest absolute Gasteiger partial charge is 0.247 e. The number of benzene rings is 2. The Labute approximate surface area is 184 Å². The van der Waals surface area contributed by atoms with Gasteiger partial charge in [-0.25, -0.2) is 9.97 Å². The number of H-pyrrole nitrogens is 1. The van der Waals surface area contributed by atoms with Gasteiger partial charge in [0.1, 0.15) is 11.3 Å². The summed E-state index contributed by atoms with van der Waals surface area (Å²) in [6.07, 6.45) is 5.03. The number of amides is 1. The monoisotopic (exact) mass is 424 g/mol. The van der Waals surface area contributed by atoms with Crippen molar-refractivity contribution in [2.75, 3.05) is 17.2 Å². The van der Waals surface area contributed by atoms with Gasteiger partial charge in [-0.15, -0.1) is 0 Å². The minimum Gasteiger partial charge on any atom is -0.437 e. The second-order valence-electron chi connectivity index (χ2n) is 6.85. The van der Waals surface area contributed by atoms with Gasteiger partial charge < -0.3 is 20.4 Å². The Kier molecular flexibility index (Phi) is 6.09. The van der Waals surface area contributed by atoms with Gasteiger partial charge in [-0.2, -0.15) is 5.26 Å². The van der Waals surface area contributed by atoms with Crippen molar-refractivity contribution < 1.29 is 9.53 Å². The van der Waals surface area contributed by atoms with Crippen LogP contribution >= 0.6 is 0 Å². The first-order chi connectivity index (χ1) is 15.7. The van der Waals surface area contributed by atoms with Crippen LogP contribution in [0.3, 0.4) is 0 Å². The molecule has 0 spiro atoms. The van der Waals surface area contributed by atoms with E-state index in [1.165, 1.54) is 12.3 Å². The van der Waals surface area contributed by atoms with Crippen molar-refractivity contribution in [2.24, 2.45) is 0 Å². The fourth-order valence-corrected chi connectivity index (χ4v) is 3.16. The summed E-state index contributed by atoms with van der Waals surface area (Å²) < 4.78 is 5.88. The first kappa shape index (κ1) is 20.6. The highest BCUT2D eigenvalue weighted by atomic mass is 16.5. The van der Waals surface area contributed by atoms with Crippen molar-refractivity contribution in [1.29, 1.82) is 5.26 Å². The molecule has 3 N–H and O–H groups in total. The van der Waals surface area contributed by atoms with Gasteiger partial charge in [0.25, 0.3) is 0 Å². The molecule has 32 heavy (non-hydrogen) atoms. The van der Waals surface area contributed by atoms with Crippen molar-refractivity contribution >= 4 is 28.4 Å². The average molecular weight is 424 g/mol. The van der Waals surface area contributed by atoms with Crippen molar-refractivity contribution in [3.63, 3.8) is 0 Å². The van der Waals surface area contributed by atoms with E-state index in [0.717, 1.165) is 16.8 Å². The predicted molar refractivity (Wildman–Crippen MR) is 123 cm³/mol. The highest BCUT2D eigenvalue weighted by Crippen LogP contribution is 2.30.